The van der Waals surface area contributed by atoms with Crippen LogP contribution in [0.2, 0.25) is 0 Å². The van der Waals surface area contributed by atoms with E-state index in [1.54, 1.807) is 91.9 Å². The maximum atomic E-state index is 15.6. The van der Waals surface area contributed by atoms with E-state index in [2.05, 4.69) is 0 Å². The van der Waals surface area contributed by atoms with Gasteiger partial charge in [0.1, 0.15) is 0 Å². The summed E-state index contributed by atoms with van der Waals surface area (Å²) in [5.41, 5.74) is -2.91. The van der Waals surface area contributed by atoms with Gasteiger partial charge in [-0.3, -0.25) is 0 Å². The van der Waals surface area contributed by atoms with Gasteiger partial charge in [-0.2, -0.15) is 0 Å². The van der Waals surface area contributed by atoms with Crippen molar-refractivity contribution in [3.05, 3.63) is 160 Å². The van der Waals surface area contributed by atoms with Crippen LogP contribution >= 0.6 is 7.92 Å². The molecule has 5 rings (SSSR count). The standard InChI is InChI=1S/C34H20BF10P/c1-17-13-15-19(16-14-17)34(46(20-9-5-3-6-10-20)21-11-7-4-8-12-21)18(2)35(22-24(36)28(40)32(44)29(41)25(22)37)23-26(38)30(42)33(45)31(43)27(23)39/h3-16H,1-2H3/b34-18+. The molecule has 0 radical (unpaired) electrons. The van der Waals surface area contributed by atoms with Crippen molar-refractivity contribution in [1.29, 1.82) is 0 Å². The Morgan fingerprint density at radius 2 is 0.783 bits per heavy atom. The molecule has 0 amide bonds. The van der Waals surface area contributed by atoms with Gasteiger partial charge in [-0.25, -0.2) is 43.9 Å². The Morgan fingerprint density at radius 3 is 1.13 bits per heavy atom. The largest absolute Gasteiger partial charge is 0.253 e. The van der Waals surface area contributed by atoms with Crippen LogP contribution in [0.15, 0.2) is 90.4 Å². The Morgan fingerprint density at radius 1 is 0.457 bits per heavy atom. The van der Waals surface area contributed by atoms with Gasteiger partial charge in [-0.05, 0) is 36.3 Å². The van der Waals surface area contributed by atoms with Crippen LogP contribution in [-0.2, 0) is 0 Å². The molecule has 0 aromatic heterocycles. The first kappa shape index (κ1) is 33.0. The molecular weight excluding hydrogens is 640 g/mol. The van der Waals surface area contributed by atoms with E-state index in [1.165, 1.54) is 0 Å². The molecular formula is C34H20BF10P. The molecule has 0 saturated carbocycles. The average Bonchev–Trinajstić information content (AvgIpc) is 3.07. The second kappa shape index (κ2) is 13.2. The summed E-state index contributed by atoms with van der Waals surface area (Å²) in [5, 5.41) is 1.30. The van der Waals surface area contributed by atoms with Crippen LogP contribution in [0.5, 0.6) is 0 Å². The summed E-state index contributed by atoms with van der Waals surface area (Å²) in [6.45, 7) is 0.184. The van der Waals surface area contributed by atoms with Crippen molar-refractivity contribution in [2.75, 3.05) is 0 Å². The zero-order valence-corrected chi connectivity index (χ0v) is 24.8. The number of halogens is 10. The van der Waals surface area contributed by atoms with Crippen LogP contribution in [-0.4, -0.2) is 6.71 Å². The van der Waals surface area contributed by atoms with Crippen molar-refractivity contribution < 1.29 is 43.9 Å². The fraction of sp³-hybridized carbons (Fsp3) is 0.0588. The minimum absolute atomic E-state index is 0.116. The lowest BCUT2D eigenvalue weighted by Crippen LogP contribution is -2.52. The molecule has 0 aliphatic heterocycles. The third-order valence-electron chi connectivity index (χ3n) is 7.45. The summed E-state index contributed by atoms with van der Waals surface area (Å²) >= 11 is 0. The Balaban J connectivity index is 2.02. The van der Waals surface area contributed by atoms with Crippen LogP contribution in [0.4, 0.5) is 43.9 Å². The van der Waals surface area contributed by atoms with E-state index in [4.69, 9.17) is 0 Å². The normalized spacial score (nSPS) is 12.0. The average molecular weight is 660 g/mol. The van der Waals surface area contributed by atoms with Crippen molar-refractivity contribution in [3.63, 3.8) is 0 Å². The third-order valence-corrected chi connectivity index (χ3v) is 10.1. The molecule has 0 aliphatic rings. The highest BCUT2D eigenvalue weighted by Gasteiger charge is 2.42. The smallest absolute Gasteiger partial charge is 0.204 e. The van der Waals surface area contributed by atoms with Gasteiger partial charge in [0.05, 0.1) is 0 Å². The summed E-state index contributed by atoms with van der Waals surface area (Å²) in [4.78, 5) is 0. The fourth-order valence-corrected chi connectivity index (χ4v) is 7.91. The Hall–Kier alpha value is -4.37. The first-order chi connectivity index (χ1) is 21.9. The molecule has 234 valence electrons. The van der Waals surface area contributed by atoms with E-state index in [-0.39, 0.29) is 5.31 Å². The van der Waals surface area contributed by atoms with Gasteiger partial charge >= 0.3 is 0 Å². The van der Waals surface area contributed by atoms with Crippen molar-refractivity contribution in [3.8, 4) is 0 Å². The Bertz CT molecular complexity index is 1800. The number of benzene rings is 5. The molecule has 0 fully saturated rings. The maximum absolute atomic E-state index is 15.6. The van der Waals surface area contributed by atoms with Crippen LogP contribution in [0.1, 0.15) is 18.1 Å². The highest BCUT2D eigenvalue weighted by atomic mass is 31.1. The summed E-state index contributed by atoms with van der Waals surface area (Å²) < 4.78 is 149. The molecule has 0 aliphatic carbocycles. The van der Waals surface area contributed by atoms with Crippen LogP contribution in [0.3, 0.4) is 0 Å². The summed E-state index contributed by atoms with van der Waals surface area (Å²) in [7, 11) is -1.87. The van der Waals surface area contributed by atoms with Gasteiger partial charge in [-0.1, -0.05) is 103 Å². The number of aryl methyl sites for hydroxylation is 1. The van der Waals surface area contributed by atoms with Gasteiger partial charge < -0.3 is 0 Å². The van der Waals surface area contributed by atoms with E-state index >= 15 is 17.6 Å². The van der Waals surface area contributed by atoms with Crippen molar-refractivity contribution >= 4 is 41.5 Å². The molecule has 0 N–H and O–H groups in total. The van der Waals surface area contributed by atoms with E-state index in [0.717, 1.165) is 12.5 Å². The quantitative estimate of drug-likeness (QED) is 0.0545. The highest BCUT2D eigenvalue weighted by Crippen LogP contribution is 2.51. The minimum atomic E-state index is -2.68. The van der Waals surface area contributed by atoms with Gasteiger partial charge in [0.15, 0.2) is 58.2 Å². The van der Waals surface area contributed by atoms with Gasteiger partial charge in [0.2, 0.25) is 0 Å². The molecule has 0 nitrogen and oxygen atoms in total. The molecule has 0 heterocycles. The summed E-state index contributed by atoms with van der Waals surface area (Å²) in [5.74, 6) is -24.9. The monoisotopic (exact) mass is 660 g/mol. The lowest BCUT2D eigenvalue weighted by Gasteiger charge is -2.29. The van der Waals surface area contributed by atoms with Gasteiger partial charge in [0.25, 0.3) is 6.71 Å². The van der Waals surface area contributed by atoms with E-state index in [0.29, 0.717) is 16.2 Å². The number of hydrogen-bond donors (Lipinski definition) is 0. The zero-order valence-electron chi connectivity index (χ0n) is 23.9. The molecule has 5 aromatic carbocycles. The maximum Gasteiger partial charge on any atom is 0.253 e. The van der Waals surface area contributed by atoms with Crippen molar-refractivity contribution in [1.82, 2.24) is 0 Å². The van der Waals surface area contributed by atoms with E-state index in [9.17, 15) is 26.3 Å². The third kappa shape index (κ3) is 5.73. The zero-order chi connectivity index (χ0) is 33.4. The van der Waals surface area contributed by atoms with Gasteiger partial charge in [-0.15, -0.1) is 0 Å². The molecule has 0 saturated heterocycles. The molecule has 0 atom stereocenters. The second-order valence-corrected chi connectivity index (χ2v) is 12.5. The lowest BCUT2D eigenvalue weighted by molar-refractivity contribution is 0.382. The number of rotatable bonds is 7. The van der Waals surface area contributed by atoms with Gasteiger partial charge in [0, 0.05) is 10.9 Å². The van der Waals surface area contributed by atoms with Crippen LogP contribution < -0.4 is 21.5 Å². The SMILES string of the molecule is C/C(B(c1c(F)c(F)c(F)c(F)c1F)c1c(F)c(F)c(F)c(F)c1F)=C(/c1ccc(C)cc1)P(c1ccccc1)c1ccccc1. The second-order valence-electron chi connectivity index (χ2n) is 10.3. The molecule has 0 spiro atoms. The minimum Gasteiger partial charge on any atom is -0.204 e. The Labute approximate surface area is 258 Å². The highest BCUT2D eigenvalue weighted by molar-refractivity contribution is 7.82. The number of allylic oxidation sites excluding steroid dienone is 1. The first-order valence-corrected chi connectivity index (χ1v) is 14.9. The predicted octanol–water partition coefficient (Wildman–Crippen LogP) is 8.10. The van der Waals surface area contributed by atoms with Crippen LogP contribution in [0, 0.1) is 65.1 Å². The summed E-state index contributed by atoms with van der Waals surface area (Å²) in [6.07, 6.45) is 0. The van der Waals surface area contributed by atoms with Crippen molar-refractivity contribution in [2.24, 2.45) is 0 Å². The van der Waals surface area contributed by atoms with Crippen molar-refractivity contribution in [2.45, 2.75) is 13.8 Å². The van der Waals surface area contributed by atoms with E-state index in [1.807, 2.05) is 0 Å². The molecule has 0 bridgehead atoms. The Kier molecular flexibility index (Phi) is 9.45. The topological polar surface area (TPSA) is 0 Å². The molecule has 12 heteroatoms. The molecule has 0 unspecified atom stereocenters. The lowest BCUT2D eigenvalue weighted by atomic mass is 9.35. The molecule has 46 heavy (non-hydrogen) atoms. The number of hydrogen-bond acceptors (Lipinski definition) is 0. The predicted molar refractivity (Wildman–Crippen MR) is 160 cm³/mol. The summed E-state index contributed by atoms with van der Waals surface area (Å²) in [6, 6.07) is 23.4. The van der Waals surface area contributed by atoms with Crippen LogP contribution in [0.25, 0.3) is 5.31 Å². The molecule has 5 aromatic rings. The fourth-order valence-electron chi connectivity index (χ4n) is 5.27. The van der Waals surface area contributed by atoms with E-state index < -0.39 is 89.2 Å². The first-order valence-electron chi connectivity index (χ1n) is 13.6.